The van der Waals surface area contributed by atoms with Crippen LogP contribution in [0.5, 0.6) is 0 Å². The van der Waals surface area contributed by atoms with Crippen molar-refractivity contribution < 1.29 is 13.2 Å². The molecule has 0 spiro atoms. The Hall–Kier alpha value is -1.17. The van der Waals surface area contributed by atoms with Gasteiger partial charge in [0, 0.05) is 13.7 Å². The molecule has 0 aliphatic carbocycles. The lowest BCUT2D eigenvalue weighted by molar-refractivity contribution is 0.0945. The Bertz CT molecular complexity index is 619. The van der Waals surface area contributed by atoms with Gasteiger partial charge in [0.1, 0.15) is 6.73 Å². The quantitative estimate of drug-likeness (QED) is 0.464. The van der Waals surface area contributed by atoms with Crippen molar-refractivity contribution in [3.8, 4) is 0 Å². The van der Waals surface area contributed by atoms with Crippen LogP contribution in [0.1, 0.15) is 45.6 Å². The SMILES string of the molecule is CCC/C=C/CC(C)(C)CN(COC)S(=O)(=O)c1ccc(C)cc1. The van der Waals surface area contributed by atoms with E-state index in [-0.39, 0.29) is 12.1 Å². The van der Waals surface area contributed by atoms with E-state index in [1.165, 1.54) is 11.4 Å². The average molecular weight is 354 g/mol. The molecule has 0 aliphatic rings. The highest BCUT2D eigenvalue weighted by atomic mass is 32.2. The van der Waals surface area contributed by atoms with Crippen LogP contribution in [0.3, 0.4) is 0 Å². The van der Waals surface area contributed by atoms with Gasteiger partial charge in [-0.05, 0) is 37.3 Å². The fourth-order valence-corrected chi connectivity index (χ4v) is 3.97. The van der Waals surface area contributed by atoms with E-state index in [9.17, 15) is 8.42 Å². The van der Waals surface area contributed by atoms with Crippen LogP contribution < -0.4 is 0 Å². The first-order chi connectivity index (χ1) is 11.2. The predicted octanol–water partition coefficient (Wildman–Crippen LogP) is 4.36. The molecule has 5 heteroatoms. The number of rotatable bonds is 10. The zero-order valence-electron chi connectivity index (χ0n) is 15.6. The normalized spacial score (nSPS) is 13.1. The van der Waals surface area contributed by atoms with E-state index >= 15 is 0 Å². The van der Waals surface area contributed by atoms with Crippen molar-refractivity contribution in [2.45, 2.75) is 51.9 Å². The van der Waals surface area contributed by atoms with E-state index in [2.05, 4.69) is 32.9 Å². The van der Waals surface area contributed by atoms with E-state index in [0.717, 1.165) is 24.8 Å². The highest BCUT2D eigenvalue weighted by Gasteiger charge is 2.30. The van der Waals surface area contributed by atoms with Crippen LogP contribution in [-0.4, -0.2) is 33.1 Å². The fraction of sp³-hybridized carbons (Fsp3) is 0.579. The van der Waals surface area contributed by atoms with Crippen molar-refractivity contribution in [3.05, 3.63) is 42.0 Å². The first kappa shape index (κ1) is 20.9. The summed E-state index contributed by atoms with van der Waals surface area (Å²) in [6.45, 7) is 8.71. The Morgan fingerprint density at radius 2 is 1.79 bits per heavy atom. The van der Waals surface area contributed by atoms with Gasteiger partial charge in [0.05, 0.1) is 4.90 Å². The number of hydrogen-bond donors (Lipinski definition) is 0. The first-order valence-corrected chi connectivity index (χ1v) is 9.87. The number of ether oxygens (including phenoxy) is 1. The van der Waals surface area contributed by atoms with Crippen LogP contribution in [0.2, 0.25) is 0 Å². The highest BCUT2D eigenvalue weighted by molar-refractivity contribution is 7.89. The maximum Gasteiger partial charge on any atom is 0.245 e. The summed E-state index contributed by atoms with van der Waals surface area (Å²) in [5.41, 5.74) is 0.870. The minimum atomic E-state index is -3.56. The molecule has 1 rings (SSSR count). The van der Waals surface area contributed by atoms with E-state index in [0.29, 0.717) is 11.4 Å². The van der Waals surface area contributed by atoms with Crippen molar-refractivity contribution in [2.75, 3.05) is 20.4 Å². The molecule has 1 aromatic rings. The van der Waals surface area contributed by atoms with Gasteiger partial charge in [0.2, 0.25) is 10.0 Å². The fourth-order valence-electron chi connectivity index (χ4n) is 2.43. The number of benzene rings is 1. The predicted molar refractivity (Wildman–Crippen MR) is 99.4 cm³/mol. The lowest BCUT2D eigenvalue weighted by Crippen LogP contribution is -2.39. The summed E-state index contributed by atoms with van der Waals surface area (Å²) < 4.78 is 32.4. The Morgan fingerprint density at radius 3 is 2.33 bits per heavy atom. The molecule has 0 amide bonds. The zero-order valence-corrected chi connectivity index (χ0v) is 16.4. The standard InChI is InChI=1S/C19H31NO3S/c1-6-7-8-9-14-19(3,4)15-20(16-23-5)24(21,22)18-12-10-17(2)11-13-18/h8-13H,6-7,14-16H2,1-5H3/b9-8+. The molecule has 0 saturated carbocycles. The summed E-state index contributed by atoms with van der Waals surface area (Å²) in [5.74, 6) is 0. The Balaban J connectivity index is 2.94. The molecule has 136 valence electrons. The summed E-state index contributed by atoms with van der Waals surface area (Å²) >= 11 is 0. The van der Waals surface area contributed by atoms with Crippen molar-refractivity contribution in [3.63, 3.8) is 0 Å². The Labute approximate surface area is 147 Å². The number of unbranched alkanes of at least 4 members (excludes halogenated alkanes) is 1. The van der Waals surface area contributed by atoms with Crippen LogP contribution in [0.25, 0.3) is 0 Å². The molecule has 0 radical (unpaired) electrons. The Kier molecular flexibility index (Phi) is 8.13. The summed E-state index contributed by atoms with van der Waals surface area (Å²) in [7, 11) is -2.04. The molecule has 0 bridgehead atoms. The summed E-state index contributed by atoms with van der Waals surface area (Å²) in [6.07, 6.45) is 7.31. The van der Waals surface area contributed by atoms with Crippen molar-refractivity contribution in [1.29, 1.82) is 0 Å². The van der Waals surface area contributed by atoms with E-state index < -0.39 is 10.0 Å². The van der Waals surface area contributed by atoms with Crippen LogP contribution in [0.15, 0.2) is 41.3 Å². The second kappa shape index (κ2) is 9.35. The molecule has 0 saturated heterocycles. The summed E-state index contributed by atoms with van der Waals surface area (Å²) in [4.78, 5) is 0.308. The molecular formula is C19H31NO3S. The molecule has 0 unspecified atom stereocenters. The van der Waals surface area contributed by atoms with Crippen LogP contribution in [0, 0.1) is 12.3 Å². The second-order valence-electron chi connectivity index (χ2n) is 6.97. The van der Waals surface area contributed by atoms with Gasteiger partial charge in [-0.15, -0.1) is 0 Å². The molecule has 0 aromatic heterocycles. The number of aryl methyl sites for hydroxylation is 1. The van der Waals surface area contributed by atoms with Gasteiger partial charge in [0.15, 0.2) is 0 Å². The lowest BCUT2D eigenvalue weighted by atomic mass is 9.89. The van der Waals surface area contributed by atoms with Gasteiger partial charge < -0.3 is 4.74 Å². The minimum Gasteiger partial charge on any atom is -0.368 e. The smallest absolute Gasteiger partial charge is 0.245 e. The van der Waals surface area contributed by atoms with Crippen LogP contribution in [0.4, 0.5) is 0 Å². The first-order valence-electron chi connectivity index (χ1n) is 8.43. The summed E-state index contributed by atoms with van der Waals surface area (Å²) in [5, 5.41) is 0. The Morgan fingerprint density at radius 1 is 1.17 bits per heavy atom. The van der Waals surface area contributed by atoms with Crippen LogP contribution in [-0.2, 0) is 14.8 Å². The third-order valence-corrected chi connectivity index (χ3v) is 5.61. The molecule has 0 fully saturated rings. The second-order valence-corrected chi connectivity index (χ2v) is 8.91. The van der Waals surface area contributed by atoms with E-state index in [4.69, 9.17) is 4.74 Å². The van der Waals surface area contributed by atoms with Gasteiger partial charge in [-0.2, -0.15) is 4.31 Å². The minimum absolute atomic E-state index is 0.0539. The van der Waals surface area contributed by atoms with Crippen molar-refractivity contribution >= 4 is 10.0 Å². The van der Waals surface area contributed by atoms with Gasteiger partial charge >= 0.3 is 0 Å². The van der Waals surface area contributed by atoms with Gasteiger partial charge in [-0.1, -0.05) is 57.0 Å². The number of sulfonamides is 1. The van der Waals surface area contributed by atoms with Crippen molar-refractivity contribution in [2.24, 2.45) is 5.41 Å². The van der Waals surface area contributed by atoms with Gasteiger partial charge in [-0.3, -0.25) is 0 Å². The number of nitrogens with zero attached hydrogens (tertiary/aromatic N) is 1. The zero-order chi connectivity index (χ0) is 18.2. The molecule has 0 aliphatic heterocycles. The topological polar surface area (TPSA) is 46.6 Å². The monoisotopic (exact) mass is 353 g/mol. The molecule has 4 nitrogen and oxygen atoms in total. The molecule has 0 atom stereocenters. The molecule has 1 aromatic carbocycles. The van der Waals surface area contributed by atoms with E-state index in [1.54, 1.807) is 12.1 Å². The number of hydrogen-bond acceptors (Lipinski definition) is 3. The third kappa shape index (κ3) is 6.38. The lowest BCUT2D eigenvalue weighted by Gasteiger charge is -2.31. The van der Waals surface area contributed by atoms with Gasteiger partial charge in [0.25, 0.3) is 0 Å². The molecule has 0 N–H and O–H groups in total. The molecular weight excluding hydrogens is 322 g/mol. The largest absolute Gasteiger partial charge is 0.368 e. The maximum atomic E-state index is 12.9. The number of allylic oxidation sites excluding steroid dienone is 2. The summed E-state index contributed by atoms with van der Waals surface area (Å²) in [6, 6.07) is 6.94. The highest BCUT2D eigenvalue weighted by Crippen LogP contribution is 2.26. The number of methoxy groups -OCH3 is 1. The third-order valence-electron chi connectivity index (χ3n) is 3.83. The molecule has 0 heterocycles. The molecule has 24 heavy (non-hydrogen) atoms. The van der Waals surface area contributed by atoms with E-state index in [1.807, 2.05) is 19.1 Å². The van der Waals surface area contributed by atoms with Crippen molar-refractivity contribution in [1.82, 2.24) is 4.31 Å². The van der Waals surface area contributed by atoms with Crippen LogP contribution >= 0.6 is 0 Å². The average Bonchev–Trinajstić information content (AvgIpc) is 2.51. The van der Waals surface area contributed by atoms with Gasteiger partial charge in [-0.25, -0.2) is 8.42 Å². The maximum absolute atomic E-state index is 12.9.